The normalized spacial score (nSPS) is 17.0. The molecule has 0 saturated heterocycles. The van der Waals surface area contributed by atoms with Gasteiger partial charge in [0.25, 0.3) is 0 Å². The molecule has 0 radical (unpaired) electrons. The molecule has 0 fully saturated rings. The molecule has 2 nitrogen and oxygen atoms in total. The quantitative estimate of drug-likeness (QED) is 0.497. The minimum Gasteiger partial charge on any atom is -0.312 e. The fourth-order valence-corrected chi connectivity index (χ4v) is 0.958. The van der Waals surface area contributed by atoms with Gasteiger partial charge in [0, 0.05) is 35.4 Å². The van der Waals surface area contributed by atoms with E-state index in [1.165, 1.54) is 0 Å². The molecule has 0 aliphatic rings. The first-order valence-electron chi connectivity index (χ1n) is 3.82. The van der Waals surface area contributed by atoms with Gasteiger partial charge in [-0.2, -0.15) is 0 Å². The number of rotatable bonds is 5. The van der Waals surface area contributed by atoms with Gasteiger partial charge in [0.1, 0.15) is 0 Å². The Balaban J connectivity index is 3.31. The van der Waals surface area contributed by atoms with E-state index in [9.17, 15) is 4.21 Å². The Labute approximate surface area is 71.5 Å². The third kappa shape index (κ3) is 6.26. The molecule has 0 aromatic rings. The zero-order valence-electron chi connectivity index (χ0n) is 7.46. The maximum Gasteiger partial charge on any atom is 0.0441 e. The molecule has 0 heterocycles. The predicted octanol–water partition coefficient (Wildman–Crippen LogP) is 0.919. The van der Waals surface area contributed by atoms with Crippen molar-refractivity contribution in [3.8, 4) is 0 Å². The van der Waals surface area contributed by atoms with Crippen molar-refractivity contribution in [3.63, 3.8) is 0 Å². The fraction of sp³-hybridized carbons (Fsp3) is 0.750. The third-order valence-corrected chi connectivity index (χ3v) is 2.80. The zero-order chi connectivity index (χ0) is 8.69. The topological polar surface area (TPSA) is 29.1 Å². The molecule has 0 saturated carbocycles. The summed E-state index contributed by atoms with van der Waals surface area (Å²) in [6.45, 7) is 5.67. The molecule has 0 spiro atoms. The summed E-state index contributed by atoms with van der Waals surface area (Å²) in [5.74, 6) is 0. The highest BCUT2D eigenvalue weighted by atomic mass is 32.2. The summed E-state index contributed by atoms with van der Waals surface area (Å²) in [4.78, 5) is 0. The van der Waals surface area contributed by atoms with Gasteiger partial charge >= 0.3 is 0 Å². The minimum absolute atomic E-state index is 0.250. The van der Waals surface area contributed by atoms with Crippen molar-refractivity contribution in [3.05, 3.63) is 12.2 Å². The predicted molar refractivity (Wildman–Crippen MR) is 51.2 cm³/mol. The van der Waals surface area contributed by atoms with Crippen LogP contribution in [0, 0.1) is 0 Å². The van der Waals surface area contributed by atoms with Crippen molar-refractivity contribution >= 4 is 10.8 Å². The molecule has 0 aromatic heterocycles. The summed E-state index contributed by atoms with van der Waals surface area (Å²) >= 11 is 0. The lowest BCUT2D eigenvalue weighted by Gasteiger charge is -2.07. The molecule has 0 rings (SSSR count). The van der Waals surface area contributed by atoms with Crippen molar-refractivity contribution in [2.24, 2.45) is 0 Å². The van der Waals surface area contributed by atoms with Gasteiger partial charge in [0.2, 0.25) is 0 Å². The minimum atomic E-state index is -0.702. The highest BCUT2D eigenvalue weighted by Gasteiger charge is 2.03. The van der Waals surface area contributed by atoms with E-state index in [1.807, 2.05) is 26.0 Å². The third-order valence-electron chi connectivity index (χ3n) is 1.50. The van der Waals surface area contributed by atoms with Crippen LogP contribution >= 0.6 is 0 Å². The van der Waals surface area contributed by atoms with Crippen LogP contribution < -0.4 is 5.32 Å². The van der Waals surface area contributed by atoms with Crippen molar-refractivity contribution in [2.75, 3.05) is 19.3 Å². The van der Waals surface area contributed by atoms with Gasteiger partial charge in [0.15, 0.2) is 0 Å². The van der Waals surface area contributed by atoms with Crippen LogP contribution in [0.2, 0.25) is 0 Å². The van der Waals surface area contributed by atoms with E-state index in [-0.39, 0.29) is 5.25 Å². The van der Waals surface area contributed by atoms with E-state index in [0.29, 0.717) is 0 Å². The molecule has 66 valence electrons. The SMILES string of the molecule is C/C=C/CNCC(C)S(C)=O. The highest BCUT2D eigenvalue weighted by Crippen LogP contribution is 1.88. The van der Waals surface area contributed by atoms with Crippen LogP contribution in [0.4, 0.5) is 0 Å². The van der Waals surface area contributed by atoms with E-state index in [4.69, 9.17) is 0 Å². The fourth-order valence-electron chi connectivity index (χ4n) is 0.605. The molecular formula is C8H17NOS. The second-order valence-electron chi connectivity index (χ2n) is 2.54. The molecule has 2 atom stereocenters. The molecule has 0 bridgehead atoms. The molecule has 0 aliphatic carbocycles. The standard InChI is InChI=1S/C8H17NOS/c1-4-5-6-9-7-8(2)11(3)10/h4-5,8-9H,6-7H2,1-3H3/b5-4+. The molecule has 2 unspecified atom stereocenters. The lowest BCUT2D eigenvalue weighted by Crippen LogP contribution is -2.27. The molecular weight excluding hydrogens is 158 g/mol. The van der Waals surface area contributed by atoms with Gasteiger partial charge in [-0.1, -0.05) is 12.2 Å². The Hall–Kier alpha value is -0.150. The van der Waals surface area contributed by atoms with Crippen molar-refractivity contribution < 1.29 is 4.21 Å². The van der Waals surface area contributed by atoms with Gasteiger partial charge in [-0.25, -0.2) is 0 Å². The number of hydrogen-bond acceptors (Lipinski definition) is 2. The summed E-state index contributed by atoms with van der Waals surface area (Å²) < 4.78 is 10.9. The zero-order valence-corrected chi connectivity index (χ0v) is 8.28. The van der Waals surface area contributed by atoms with E-state index in [1.54, 1.807) is 6.26 Å². The Morgan fingerprint density at radius 2 is 2.27 bits per heavy atom. The van der Waals surface area contributed by atoms with Crippen LogP contribution in [0.25, 0.3) is 0 Å². The molecule has 0 amide bonds. The summed E-state index contributed by atoms with van der Waals surface area (Å²) in [7, 11) is -0.702. The second kappa shape index (κ2) is 6.55. The van der Waals surface area contributed by atoms with Crippen molar-refractivity contribution in [1.82, 2.24) is 5.32 Å². The van der Waals surface area contributed by atoms with Crippen LogP contribution in [0.3, 0.4) is 0 Å². The summed E-state index contributed by atoms with van der Waals surface area (Å²) in [5, 5.41) is 3.44. The van der Waals surface area contributed by atoms with Gasteiger partial charge in [-0.15, -0.1) is 0 Å². The van der Waals surface area contributed by atoms with Crippen LogP contribution in [0.15, 0.2) is 12.2 Å². The monoisotopic (exact) mass is 175 g/mol. The molecule has 0 aliphatic heterocycles. The van der Waals surface area contributed by atoms with E-state index in [0.717, 1.165) is 13.1 Å². The average molecular weight is 175 g/mol. The van der Waals surface area contributed by atoms with Gasteiger partial charge in [-0.05, 0) is 13.8 Å². The largest absolute Gasteiger partial charge is 0.312 e. The number of allylic oxidation sites excluding steroid dienone is 1. The molecule has 11 heavy (non-hydrogen) atoms. The van der Waals surface area contributed by atoms with Gasteiger partial charge < -0.3 is 5.32 Å². The number of nitrogens with one attached hydrogen (secondary N) is 1. The Morgan fingerprint density at radius 3 is 2.73 bits per heavy atom. The first-order valence-corrected chi connectivity index (χ1v) is 5.44. The summed E-state index contributed by atoms with van der Waals surface area (Å²) in [6, 6.07) is 0. The maximum absolute atomic E-state index is 10.9. The molecule has 1 N–H and O–H groups in total. The van der Waals surface area contributed by atoms with Gasteiger partial charge in [-0.3, -0.25) is 4.21 Å². The van der Waals surface area contributed by atoms with Crippen LogP contribution in [-0.2, 0) is 10.8 Å². The van der Waals surface area contributed by atoms with E-state index in [2.05, 4.69) is 5.32 Å². The summed E-state index contributed by atoms with van der Waals surface area (Å²) in [5.41, 5.74) is 0. The van der Waals surface area contributed by atoms with Crippen LogP contribution in [0.1, 0.15) is 13.8 Å². The summed E-state index contributed by atoms with van der Waals surface area (Å²) in [6.07, 6.45) is 5.79. The van der Waals surface area contributed by atoms with E-state index < -0.39 is 10.8 Å². The Bertz CT molecular complexity index is 145. The van der Waals surface area contributed by atoms with Crippen molar-refractivity contribution in [2.45, 2.75) is 19.1 Å². The van der Waals surface area contributed by atoms with E-state index >= 15 is 0 Å². The number of hydrogen-bond donors (Lipinski definition) is 1. The first-order chi connectivity index (χ1) is 5.18. The molecule has 3 heteroatoms. The lowest BCUT2D eigenvalue weighted by molar-refractivity contribution is 0.663. The first kappa shape index (κ1) is 10.8. The van der Waals surface area contributed by atoms with Gasteiger partial charge in [0.05, 0.1) is 0 Å². The highest BCUT2D eigenvalue weighted by molar-refractivity contribution is 7.84. The van der Waals surface area contributed by atoms with Crippen molar-refractivity contribution in [1.29, 1.82) is 0 Å². The smallest absolute Gasteiger partial charge is 0.0441 e. The van der Waals surface area contributed by atoms with Crippen LogP contribution in [0.5, 0.6) is 0 Å². The Morgan fingerprint density at radius 1 is 1.64 bits per heavy atom. The Kier molecular flexibility index (Phi) is 6.46. The maximum atomic E-state index is 10.9. The van der Waals surface area contributed by atoms with Crippen LogP contribution in [-0.4, -0.2) is 28.8 Å². The molecule has 0 aromatic carbocycles. The second-order valence-corrected chi connectivity index (χ2v) is 4.34. The average Bonchev–Trinajstić information content (AvgIpc) is 1.97. The lowest BCUT2D eigenvalue weighted by atomic mass is 10.4.